The lowest BCUT2D eigenvalue weighted by Gasteiger charge is -2.12. The number of hydrogen-bond donors (Lipinski definition) is 2. The van der Waals surface area contributed by atoms with Gasteiger partial charge in [0.2, 0.25) is 5.13 Å². The molecule has 0 aliphatic carbocycles. The minimum absolute atomic E-state index is 0.260. The van der Waals surface area contributed by atoms with Crippen LogP contribution < -0.4 is 11.1 Å². The van der Waals surface area contributed by atoms with Crippen LogP contribution in [0.2, 0.25) is 5.02 Å². The summed E-state index contributed by atoms with van der Waals surface area (Å²) in [5.41, 5.74) is 6.81. The van der Waals surface area contributed by atoms with Crippen LogP contribution in [0.4, 0.5) is 5.13 Å². The smallest absolute Gasteiger partial charge is 0.202 e. The second-order valence-electron chi connectivity index (χ2n) is 4.30. The van der Waals surface area contributed by atoms with Gasteiger partial charge in [0.05, 0.1) is 0 Å². The van der Waals surface area contributed by atoms with Crippen molar-refractivity contribution in [3.63, 3.8) is 0 Å². The highest BCUT2D eigenvalue weighted by atomic mass is 35.5. The van der Waals surface area contributed by atoms with Crippen molar-refractivity contribution >= 4 is 28.3 Å². The second kappa shape index (κ2) is 6.84. The molecule has 6 heteroatoms. The molecule has 2 rings (SSSR count). The SMILES string of the molecule is CCC(CN)Nc1nc(Cc2ccc(Cl)cc2)ns1. The minimum atomic E-state index is 0.260. The van der Waals surface area contributed by atoms with Crippen LogP contribution in [0.15, 0.2) is 24.3 Å². The molecule has 0 fully saturated rings. The minimum Gasteiger partial charge on any atom is -0.356 e. The molecule has 0 saturated heterocycles. The number of rotatable bonds is 6. The number of halogens is 1. The van der Waals surface area contributed by atoms with E-state index in [1.54, 1.807) is 0 Å². The average Bonchev–Trinajstić information content (AvgIpc) is 2.86. The lowest BCUT2D eigenvalue weighted by Crippen LogP contribution is -2.27. The third kappa shape index (κ3) is 4.16. The van der Waals surface area contributed by atoms with E-state index in [0.29, 0.717) is 6.54 Å². The molecule has 4 nitrogen and oxygen atoms in total. The van der Waals surface area contributed by atoms with E-state index in [-0.39, 0.29) is 6.04 Å². The highest BCUT2D eigenvalue weighted by Crippen LogP contribution is 2.17. The van der Waals surface area contributed by atoms with Crippen molar-refractivity contribution in [2.75, 3.05) is 11.9 Å². The maximum atomic E-state index is 5.86. The molecule has 0 aliphatic rings. The summed E-state index contributed by atoms with van der Waals surface area (Å²) in [5.74, 6) is 0.821. The van der Waals surface area contributed by atoms with Gasteiger partial charge >= 0.3 is 0 Å². The summed E-state index contributed by atoms with van der Waals surface area (Å²) in [5, 5.41) is 4.87. The lowest BCUT2D eigenvalue weighted by molar-refractivity contribution is 0.702. The summed E-state index contributed by atoms with van der Waals surface area (Å²) >= 11 is 7.23. The number of nitrogens with two attached hydrogens (primary N) is 1. The molecule has 0 aliphatic heterocycles. The summed E-state index contributed by atoms with van der Waals surface area (Å²) in [6, 6.07) is 8.00. The zero-order chi connectivity index (χ0) is 13.7. The Balaban J connectivity index is 1.99. The van der Waals surface area contributed by atoms with E-state index in [4.69, 9.17) is 17.3 Å². The Morgan fingerprint density at radius 1 is 1.37 bits per heavy atom. The van der Waals surface area contributed by atoms with Crippen molar-refractivity contribution in [1.82, 2.24) is 9.36 Å². The molecule has 0 radical (unpaired) electrons. The quantitative estimate of drug-likeness (QED) is 0.860. The van der Waals surface area contributed by atoms with Crippen LogP contribution in [0.25, 0.3) is 0 Å². The summed E-state index contributed by atoms with van der Waals surface area (Å²) in [6.07, 6.45) is 1.69. The monoisotopic (exact) mass is 296 g/mol. The summed E-state index contributed by atoms with van der Waals surface area (Å²) in [6.45, 7) is 2.70. The molecule has 0 saturated carbocycles. The first-order valence-corrected chi connectivity index (χ1v) is 7.40. The highest BCUT2D eigenvalue weighted by Gasteiger charge is 2.09. The molecule has 0 bridgehead atoms. The fourth-order valence-corrected chi connectivity index (χ4v) is 2.46. The van der Waals surface area contributed by atoms with Gasteiger partial charge in [-0.25, -0.2) is 4.98 Å². The molecule has 1 unspecified atom stereocenters. The number of anilines is 1. The number of hydrogen-bond acceptors (Lipinski definition) is 5. The van der Waals surface area contributed by atoms with Crippen molar-refractivity contribution in [2.45, 2.75) is 25.8 Å². The van der Waals surface area contributed by atoms with Gasteiger partial charge in [-0.1, -0.05) is 30.7 Å². The molecular formula is C13H17ClN4S. The van der Waals surface area contributed by atoms with Crippen LogP contribution in [0.3, 0.4) is 0 Å². The molecule has 2 aromatic rings. The van der Waals surface area contributed by atoms with Gasteiger partial charge < -0.3 is 11.1 Å². The maximum absolute atomic E-state index is 5.86. The van der Waals surface area contributed by atoms with Crippen LogP contribution in [-0.2, 0) is 6.42 Å². The van der Waals surface area contributed by atoms with Crippen LogP contribution in [-0.4, -0.2) is 21.9 Å². The Labute approximate surface area is 122 Å². The van der Waals surface area contributed by atoms with Gasteiger partial charge in [0.1, 0.15) is 5.82 Å². The standard InChI is InChI=1S/C13H17ClN4S/c1-2-11(8-15)16-13-17-12(18-19-13)7-9-3-5-10(14)6-4-9/h3-6,11H,2,7-8,15H2,1H3,(H,16,17,18). The molecule has 0 amide bonds. The predicted octanol–water partition coefficient (Wildman–Crippen LogP) is 2.93. The van der Waals surface area contributed by atoms with Gasteiger partial charge in [0.15, 0.2) is 0 Å². The molecule has 19 heavy (non-hydrogen) atoms. The summed E-state index contributed by atoms with van der Waals surface area (Å²) in [4.78, 5) is 4.47. The first-order chi connectivity index (χ1) is 9.21. The third-order valence-corrected chi connectivity index (χ3v) is 3.78. The van der Waals surface area contributed by atoms with Gasteiger partial charge in [-0.3, -0.25) is 0 Å². The van der Waals surface area contributed by atoms with E-state index in [1.165, 1.54) is 11.5 Å². The molecule has 1 heterocycles. The number of aromatic nitrogens is 2. The lowest BCUT2D eigenvalue weighted by atomic mass is 10.1. The fraction of sp³-hybridized carbons (Fsp3) is 0.385. The Bertz CT molecular complexity index is 508. The molecule has 1 atom stereocenters. The van der Waals surface area contributed by atoms with E-state index in [1.807, 2.05) is 24.3 Å². The number of nitrogens with one attached hydrogen (secondary N) is 1. The molecule has 0 spiro atoms. The van der Waals surface area contributed by atoms with Gasteiger partial charge in [-0.05, 0) is 24.1 Å². The van der Waals surface area contributed by atoms with Crippen molar-refractivity contribution in [3.8, 4) is 0 Å². The van der Waals surface area contributed by atoms with E-state index in [0.717, 1.165) is 34.4 Å². The Kier molecular flexibility index (Phi) is 5.13. The zero-order valence-corrected chi connectivity index (χ0v) is 12.3. The van der Waals surface area contributed by atoms with E-state index < -0.39 is 0 Å². The number of benzene rings is 1. The van der Waals surface area contributed by atoms with Crippen molar-refractivity contribution in [1.29, 1.82) is 0 Å². The third-order valence-electron chi connectivity index (χ3n) is 2.85. The van der Waals surface area contributed by atoms with Crippen molar-refractivity contribution in [2.24, 2.45) is 5.73 Å². The van der Waals surface area contributed by atoms with Gasteiger partial charge in [-0.15, -0.1) is 0 Å². The summed E-state index contributed by atoms with van der Waals surface area (Å²) < 4.78 is 4.35. The van der Waals surface area contributed by atoms with Crippen LogP contribution in [0, 0.1) is 0 Å². The molecular weight excluding hydrogens is 280 g/mol. The van der Waals surface area contributed by atoms with Crippen LogP contribution >= 0.6 is 23.1 Å². The van der Waals surface area contributed by atoms with E-state index in [2.05, 4.69) is 21.6 Å². The van der Waals surface area contributed by atoms with Crippen molar-refractivity contribution < 1.29 is 0 Å². The molecule has 1 aromatic carbocycles. The van der Waals surface area contributed by atoms with Crippen molar-refractivity contribution in [3.05, 3.63) is 40.7 Å². The highest BCUT2D eigenvalue weighted by molar-refractivity contribution is 7.09. The molecule has 102 valence electrons. The largest absolute Gasteiger partial charge is 0.356 e. The van der Waals surface area contributed by atoms with Gasteiger partial charge in [-0.2, -0.15) is 4.37 Å². The first kappa shape index (κ1) is 14.2. The normalized spacial score (nSPS) is 12.4. The Morgan fingerprint density at radius 2 is 2.11 bits per heavy atom. The first-order valence-electron chi connectivity index (χ1n) is 6.25. The fourth-order valence-electron chi connectivity index (χ4n) is 1.67. The van der Waals surface area contributed by atoms with Gasteiger partial charge in [0.25, 0.3) is 0 Å². The zero-order valence-electron chi connectivity index (χ0n) is 10.8. The maximum Gasteiger partial charge on any atom is 0.202 e. The van der Waals surface area contributed by atoms with E-state index in [9.17, 15) is 0 Å². The Morgan fingerprint density at radius 3 is 2.74 bits per heavy atom. The topological polar surface area (TPSA) is 63.8 Å². The summed E-state index contributed by atoms with van der Waals surface area (Å²) in [7, 11) is 0. The van der Waals surface area contributed by atoms with Crippen LogP contribution in [0.1, 0.15) is 24.7 Å². The van der Waals surface area contributed by atoms with Gasteiger partial charge in [0, 0.05) is 35.6 Å². The average molecular weight is 297 g/mol. The van der Waals surface area contributed by atoms with Crippen LogP contribution in [0.5, 0.6) is 0 Å². The molecule has 1 aromatic heterocycles. The second-order valence-corrected chi connectivity index (χ2v) is 5.49. The number of nitrogens with zero attached hydrogens (tertiary/aromatic N) is 2. The van der Waals surface area contributed by atoms with E-state index >= 15 is 0 Å². The predicted molar refractivity (Wildman–Crippen MR) is 80.9 cm³/mol. The molecule has 3 N–H and O–H groups in total. The Hall–Kier alpha value is -1.17.